The van der Waals surface area contributed by atoms with Gasteiger partial charge in [-0.25, -0.2) is 13.1 Å². The van der Waals surface area contributed by atoms with Gasteiger partial charge in [-0.15, -0.1) is 12.4 Å². The first-order valence-corrected chi connectivity index (χ1v) is 8.85. The zero-order chi connectivity index (χ0) is 14.7. The lowest BCUT2D eigenvalue weighted by atomic mass is 10.1. The number of halogens is 1. The zero-order valence-corrected chi connectivity index (χ0v) is 13.9. The molecule has 0 aromatic heterocycles. The smallest absolute Gasteiger partial charge is 0.240 e. The summed E-state index contributed by atoms with van der Waals surface area (Å²) in [6, 6.07) is 13.5. The summed E-state index contributed by atoms with van der Waals surface area (Å²) in [6.07, 6.45) is 3.16. The second-order valence-electron chi connectivity index (χ2n) is 5.49. The van der Waals surface area contributed by atoms with E-state index in [-0.39, 0.29) is 12.4 Å². The lowest BCUT2D eigenvalue weighted by molar-refractivity contribution is 0.539. The van der Waals surface area contributed by atoms with Gasteiger partial charge in [0.15, 0.2) is 0 Å². The molecule has 1 aliphatic heterocycles. The Bertz CT molecular complexity index is 728. The van der Waals surface area contributed by atoms with Crippen LogP contribution in [0.4, 0.5) is 0 Å². The molecule has 0 radical (unpaired) electrons. The Balaban J connectivity index is 0.00000176. The first-order chi connectivity index (χ1) is 10.1. The third kappa shape index (κ3) is 3.98. The lowest BCUT2D eigenvalue weighted by Crippen LogP contribution is -2.30. The first kappa shape index (κ1) is 17.2. The zero-order valence-electron chi connectivity index (χ0n) is 12.3. The molecule has 1 saturated heterocycles. The van der Waals surface area contributed by atoms with Gasteiger partial charge >= 0.3 is 0 Å². The van der Waals surface area contributed by atoms with Gasteiger partial charge in [-0.1, -0.05) is 30.3 Å². The molecule has 0 saturated carbocycles. The van der Waals surface area contributed by atoms with Gasteiger partial charge in [0.05, 0.1) is 4.90 Å². The number of nitrogens with one attached hydrogen (secondary N) is 2. The topological polar surface area (TPSA) is 58.2 Å². The van der Waals surface area contributed by atoms with Crippen LogP contribution < -0.4 is 10.0 Å². The maximum atomic E-state index is 12.3. The number of hydrogen-bond acceptors (Lipinski definition) is 3. The van der Waals surface area contributed by atoms with E-state index in [1.165, 1.54) is 6.42 Å². The highest BCUT2D eigenvalue weighted by molar-refractivity contribution is 7.89. The molecular weight excluding hydrogens is 320 g/mol. The molecule has 1 heterocycles. The van der Waals surface area contributed by atoms with Crippen LogP contribution >= 0.6 is 12.4 Å². The van der Waals surface area contributed by atoms with E-state index in [1.54, 1.807) is 12.1 Å². The van der Waals surface area contributed by atoms with E-state index in [9.17, 15) is 8.42 Å². The monoisotopic (exact) mass is 340 g/mol. The Kier molecular flexibility index (Phi) is 5.81. The van der Waals surface area contributed by atoms with Gasteiger partial charge in [-0.3, -0.25) is 0 Å². The van der Waals surface area contributed by atoms with Crippen LogP contribution in [-0.4, -0.2) is 27.5 Å². The quantitative estimate of drug-likeness (QED) is 0.879. The average Bonchev–Trinajstić information content (AvgIpc) is 3.00. The molecule has 0 unspecified atom stereocenters. The van der Waals surface area contributed by atoms with Gasteiger partial charge in [0.25, 0.3) is 0 Å². The van der Waals surface area contributed by atoms with Crippen molar-refractivity contribution in [3.05, 3.63) is 42.5 Å². The fourth-order valence-corrected chi connectivity index (χ4v) is 3.87. The van der Waals surface area contributed by atoms with Gasteiger partial charge in [0.2, 0.25) is 10.0 Å². The summed E-state index contributed by atoms with van der Waals surface area (Å²) in [6.45, 7) is 1.52. The normalized spacial score (nSPS) is 18.3. The second-order valence-corrected chi connectivity index (χ2v) is 7.26. The summed E-state index contributed by atoms with van der Waals surface area (Å²) >= 11 is 0. The van der Waals surface area contributed by atoms with E-state index >= 15 is 0 Å². The van der Waals surface area contributed by atoms with E-state index < -0.39 is 10.0 Å². The predicted molar refractivity (Wildman–Crippen MR) is 92.0 cm³/mol. The largest absolute Gasteiger partial charge is 0.314 e. The van der Waals surface area contributed by atoms with Crippen molar-refractivity contribution in [2.24, 2.45) is 0 Å². The minimum atomic E-state index is -3.42. The summed E-state index contributed by atoms with van der Waals surface area (Å²) in [5, 5.41) is 5.36. The molecule has 1 fully saturated rings. The molecule has 2 aromatic rings. The van der Waals surface area contributed by atoms with E-state index in [0.29, 0.717) is 17.5 Å². The van der Waals surface area contributed by atoms with Gasteiger partial charge in [0.1, 0.15) is 0 Å². The predicted octanol–water partition coefficient (Wildman–Crippen LogP) is 2.68. The molecule has 4 nitrogen and oxygen atoms in total. The standard InChI is InChI=1S/C16H20N2O2S.ClH/c19-21(20,18-11-9-15-6-3-10-17-15)16-8-7-13-4-1-2-5-14(13)12-16;/h1-2,4-5,7-8,12,15,17-18H,3,6,9-11H2;1H/t15-;/m1./s1. The molecule has 0 bridgehead atoms. The molecule has 0 spiro atoms. The van der Waals surface area contributed by atoms with Crippen molar-refractivity contribution in [3.63, 3.8) is 0 Å². The molecule has 3 rings (SSSR count). The Morgan fingerprint density at radius 2 is 1.91 bits per heavy atom. The highest BCUT2D eigenvalue weighted by Gasteiger charge is 2.17. The molecule has 22 heavy (non-hydrogen) atoms. The SMILES string of the molecule is Cl.O=S(=O)(NCC[C@H]1CCCN1)c1ccc2ccccc2c1. The molecule has 0 aliphatic carbocycles. The Labute approximate surface area is 137 Å². The van der Waals surface area contributed by atoms with Crippen molar-refractivity contribution in [2.75, 3.05) is 13.1 Å². The average molecular weight is 341 g/mol. The molecule has 2 N–H and O–H groups in total. The molecule has 1 aliphatic rings. The lowest BCUT2D eigenvalue weighted by Gasteiger charge is -2.11. The van der Waals surface area contributed by atoms with Crippen molar-refractivity contribution >= 4 is 33.2 Å². The van der Waals surface area contributed by atoms with Gasteiger partial charge in [-0.05, 0) is 48.7 Å². The summed E-state index contributed by atoms with van der Waals surface area (Å²) in [5.41, 5.74) is 0. The maximum absolute atomic E-state index is 12.3. The molecule has 6 heteroatoms. The Hall–Kier alpha value is -1.14. The van der Waals surface area contributed by atoms with Crippen molar-refractivity contribution < 1.29 is 8.42 Å². The van der Waals surface area contributed by atoms with Crippen LogP contribution in [0.25, 0.3) is 10.8 Å². The highest BCUT2D eigenvalue weighted by atomic mass is 35.5. The van der Waals surface area contributed by atoms with E-state index in [1.807, 2.05) is 30.3 Å². The Morgan fingerprint density at radius 1 is 1.14 bits per heavy atom. The maximum Gasteiger partial charge on any atom is 0.240 e. The number of sulfonamides is 1. The van der Waals surface area contributed by atoms with E-state index in [2.05, 4.69) is 10.0 Å². The summed E-state index contributed by atoms with van der Waals surface area (Å²) in [5.74, 6) is 0. The van der Waals surface area contributed by atoms with Crippen LogP contribution in [0.3, 0.4) is 0 Å². The van der Waals surface area contributed by atoms with Crippen LogP contribution in [-0.2, 0) is 10.0 Å². The molecule has 2 aromatic carbocycles. The molecular formula is C16H21ClN2O2S. The van der Waals surface area contributed by atoms with Crippen molar-refractivity contribution in [3.8, 4) is 0 Å². The molecule has 120 valence electrons. The molecule has 0 amide bonds. The van der Waals surface area contributed by atoms with Gasteiger partial charge in [-0.2, -0.15) is 0 Å². The van der Waals surface area contributed by atoms with Gasteiger partial charge < -0.3 is 5.32 Å². The van der Waals surface area contributed by atoms with Gasteiger partial charge in [0, 0.05) is 12.6 Å². The van der Waals surface area contributed by atoms with Crippen LogP contribution in [0.5, 0.6) is 0 Å². The molecule has 1 atom stereocenters. The third-order valence-corrected chi connectivity index (χ3v) is 5.44. The Morgan fingerprint density at radius 3 is 2.64 bits per heavy atom. The summed E-state index contributed by atoms with van der Waals surface area (Å²) in [7, 11) is -3.42. The van der Waals surface area contributed by atoms with Crippen LogP contribution in [0.1, 0.15) is 19.3 Å². The third-order valence-electron chi connectivity index (χ3n) is 3.98. The van der Waals surface area contributed by atoms with Crippen LogP contribution in [0.15, 0.2) is 47.4 Å². The number of rotatable bonds is 5. The number of fused-ring (bicyclic) bond motifs is 1. The highest BCUT2D eigenvalue weighted by Crippen LogP contribution is 2.19. The van der Waals surface area contributed by atoms with Crippen LogP contribution in [0, 0.1) is 0 Å². The number of hydrogen-bond donors (Lipinski definition) is 2. The minimum Gasteiger partial charge on any atom is -0.314 e. The van der Waals surface area contributed by atoms with E-state index in [0.717, 1.165) is 30.2 Å². The number of benzene rings is 2. The van der Waals surface area contributed by atoms with Crippen molar-refractivity contribution in [1.82, 2.24) is 10.0 Å². The summed E-state index contributed by atoms with van der Waals surface area (Å²) in [4.78, 5) is 0.334. The first-order valence-electron chi connectivity index (χ1n) is 7.37. The van der Waals surface area contributed by atoms with Crippen molar-refractivity contribution in [1.29, 1.82) is 0 Å². The summed E-state index contributed by atoms with van der Waals surface area (Å²) < 4.78 is 27.3. The second kappa shape index (κ2) is 7.42. The van der Waals surface area contributed by atoms with Crippen LogP contribution in [0.2, 0.25) is 0 Å². The fourth-order valence-electron chi connectivity index (χ4n) is 2.79. The van der Waals surface area contributed by atoms with E-state index in [4.69, 9.17) is 0 Å². The van der Waals surface area contributed by atoms with Crippen molar-refractivity contribution in [2.45, 2.75) is 30.2 Å². The fraction of sp³-hybridized carbons (Fsp3) is 0.375. The minimum absolute atomic E-state index is 0.